The Morgan fingerprint density at radius 2 is 1.95 bits per heavy atom. The average Bonchev–Trinajstić information content (AvgIpc) is 2.48. The van der Waals surface area contributed by atoms with Crippen molar-refractivity contribution >= 4 is 28.7 Å². The van der Waals surface area contributed by atoms with Gasteiger partial charge in [0.25, 0.3) is 0 Å². The van der Waals surface area contributed by atoms with Crippen LogP contribution in [0.5, 0.6) is 0 Å². The van der Waals surface area contributed by atoms with Crippen LogP contribution in [0.25, 0.3) is 0 Å². The summed E-state index contributed by atoms with van der Waals surface area (Å²) >= 11 is 0. The molecule has 0 amide bonds. The fourth-order valence-electron chi connectivity index (χ4n) is 1.94. The lowest BCUT2D eigenvalue weighted by Gasteiger charge is -2.15. The highest BCUT2D eigenvalue weighted by atomic mass is 16.5. The van der Waals surface area contributed by atoms with Crippen LogP contribution < -0.4 is 16.0 Å². The molecule has 0 fully saturated rings. The highest BCUT2D eigenvalue weighted by Gasteiger charge is 2.08. The Morgan fingerprint density at radius 3 is 2.57 bits per heavy atom. The minimum absolute atomic E-state index is 0.400. The molecule has 2 aromatic rings. The first-order valence-corrected chi connectivity index (χ1v) is 6.53. The van der Waals surface area contributed by atoms with Gasteiger partial charge in [0.2, 0.25) is 0 Å². The van der Waals surface area contributed by atoms with Gasteiger partial charge in [-0.1, -0.05) is 6.07 Å². The molecule has 2 rings (SSSR count). The maximum Gasteiger partial charge on any atom is 0.337 e. The number of carbonyl (C=O) groups excluding carboxylic acids is 1. The first kappa shape index (κ1) is 14.7. The van der Waals surface area contributed by atoms with Crippen molar-refractivity contribution in [2.24, 2.45) is 0 Å². The molecule has 0 spiro atoms. The van der Waals surface area contributed by atoms with Gasteiger partial charge in [-0.25, -0.2) is 4.79 Å². The summed E-state index contributed by atoms with van der Waals surface area (Å²) < 4.78 is 4.67. The van der Waals surface area contributed by atoms with Gasteiger partial charge in [0, 0.05) is 25.5 Å². The second-order valence-electron chi connectivity index (χ2n) is 4.86. The predicted molar refractivity (Wildman–Crippen MR) is 86.2 cm³/mol. The Labute approximate surface area is 124 Å². The smallest absolute Gasteiger partial charge is 0.337 e. The van der Waals surface area contributed by atoms with E-state index in [1.54, 1.807) is 18.2 Å². The molecule has 5 nitrogen and oxygen atoms in total. The molecule has 0 saturated carbocycles. The van der Waals surface area contributed by atoms with E-state index < -0.39 is 5.97 Å². The SMILES string of the molecule is COC(=O)c1ccc(Nc2cccc(N(C)C)c2)c(N)c1. The molecule has 0 heterocycles. The van der Waals surface area contributed by atoms with E-state index in [0.717, 1.165) is 17.1 Å². The fraction of sp³-hybridized carbons (Fsp3) is 0.188. The maximum atomic E-state index is 11.5. The van der Waals surface area contributed by atoms with Gasteiger partial charge in [-0.05, 0) is 36.4 Å². The number of anilines is 4. The van der Waals surface area contributed by atoms with Gasteiger partial charge in [-0.15, -0.1) is 0 Å². The van der Waals surface area contributed by atoms with Gasteiger partial charge >= 0.3 is 5.97 Å². The first-order valence-electron chi connectivity index (χ1n) is 6.53. The Bertz CT molecular complexity index is 654. The molecule has 0 radical (unpaired) electrons. The second kappa shape index (κ2) is 6.17. The predicted octanol–water partition coefficient (Wildman–Crippen LogP) is 2.87. The topological polar surface area (TPSA) is 67.6 Å². The maximum absolute atomic E-state index is 11.5. The minimum Gasteiger partial charge on any atom is -0.465 e. The van der Waals surface area contributed by atoms with E-state index in [0.29, 0.717) is 11.3 Å². The average molecular weight is 285 g/mol. The van der Waals surface area contributed by atoms with Gasteiger partial charge in [0.05, 0.1) is 24.0 Å². The third-order valence-corrected chi connectivity index (χ3v) is 3.11. The number of hydrogen-bond donors (Lipinski definition) is 2. The van der Waals surface area contributed by atoms with E-state index in [1.807, 2.05) is 43.3 Å². The van der Waals surface area contributed by atoms with Gasteiger partial charge in [-0.3, -0.25) is 0 Å². The number of rotatable bonds is 4. The van der Waals surface area contributed by atoms with Crippen molar-refractivity contribution in [3.8, 4) is 0 Å². The quantitative estimate of drug-likeness (QED) is 0.668. The number of hydrogen-bond acceptors (Lipinski definition) is 5. The van der Waals surface area contributed by atoms with E-state index in [4.69, 9.17) is 5.73 Å². The summed E-state index contributed by atoms with van der Waals surface area (Å²) in [6, 6.07) is 13.0. The molecule has 2 aromatic carbocycles. The molecular formula is C16H19N3O2. The minimum atomic E-state index is -0.400. The van der Waals surface area contributed by atoms with Gasteiger partial charge in [0.1, 0.15) is 0 Å². The number of nitrogens with zero attached hydrogens (tertiary/aromatic N) is 1. The zero-order chi connectivity index (χ0) is 15.4. The van der Waals surface area contributed by atoms with Crippen molar-refractivity contribution < 1.29 is 9.53 Å². The van der Waals surface area contributed by atoms with Crippen molar-refractivity contribution in [1.29, 1.82) is 0 Å². The van der Waals surface area contributed by atoms with Crippen LogP contribution in [0, 0.1) is 0 Å². The normalized spacial score (nSPS) is 10.0. The van der Waals surface area contributed by atoms with Crippen molar-refractivity contribution in [3.05, 3.63) is 48.0 Å². The van der Waals surface area contributed by atoms with Gasteiger partial charge in [-0.2, -0.15) is 0 Å². The van der Waals surface area contributed by atoms with Crippen molar-refractivity contribution in [2.45, 2.75) is 0 Å². The molecule has 21 heavy (non-hydrogen) atoms. The van der Waals surface area contributed by atoms with Gasteiger partial charge < -0.3 is 20.7 Å². The summed E-state index contributed by atoms with van der Waals surface area (Å²) in [5.41, 5.74) is 9.67. The summed E-state index contributed by atoms with van der Waals surface area (Å²) in [7, 11) is 5.31. The molecule has 0 bridgehead atoms. The largest absolute Gasteiger partial charge is 0.465 e. The van der Waals surface area contributed by atoms with E-state index in [-0.39, 0.29) is 0 Å². The summed E-state index contributed by atoms with van der Waals surface area (Å²) in [6.07, 6.45) is 0. The molecule has 5 heteroatoms. The third kappa shape index (κ3) is 3.45. The summed E-state index contributed by atoms with van der Waals surface area (Å²) in [5.74, 6) is -0.400. The lowest BCUT2D eigenvalue weighted by atomic mass is 10.1. The fourth-order valence-corrected chi connectivity index (χ4v) is 1.94. The summed E-state index contributed by atoms with van der Waals surface area (Å²) in [5, 5.41) is 3.25. The van der Waals surface area contributed by atoms with Crippen molar-refractivity contribution in [2.75, 3.05) is 37.2 Å². The Balaban J connectivity index is 2.24. The van der Waals surface area contributed by atoms with Crippen LogP contribution in [0.1, 0.15) is 10.4 Å². The van der Waals surface area contributed by atoms with Crippen LogP contribution in [0.2, 0.25) is 0 Å². The Kier molecular flexibility index (Phi) is 4.33. The first-order chi connectivity index (χ1) is 10.0. The molecule has 0 aliphatic rings. The van der Waals surface area contributed by atoms with Crippen molar-refractivity contribution in [1.82, 2.24) is 0 Å². The van der Waals surface area contributed by atoms with Crippen LogP contribution in [0.4, 0.5) is 22.7 Å². The Hall–Kier alpha value is -2.69. The lowest BCUT2D eigenvalue weighted by Crippen LogP contribution is -2.08. The molecule has 110 valence electrons. The number of benzene rings is 2. The molecule has 0 aliphatic carbocycles. The molecule has 0 aliphatic heterocycles. The Morgan fingerprint density at radius 1 is 1.19 bits per heavy atom. The van der Waals surface area contributed by atoms with Crippen LogP contribution in [0.3, 0.4) is 0 Å². The number of nitrogens with two attached hydrogens (primary N) is 1. The van der Waals surface area contributed by atoms with Crippen LogP contribution in [0.15, 0.2) is 42.5 Å². The molecule has 0 atom stereocenters. The van der Waals surface area contributed by atoms with Crippen LogP contribution in [-0.4, -0.2) is 27.2 Å². The van der Waals surface area contributed by atoms with Gasteiger partial charge in [0.15, 0.2) is 0 Å². The monoisotopic (exact) mass is 285 g/mol. The third-order valence-electron chi connectivity index (χ3n) is 3.11. The lowest BCUT2D eigenvalue weighted by molar-refractivity contribution is 0.0601. The van der Waals surface area contributed by atoms with E-state index >= 15 is 0 Å². The van der Waals surface area contributed by atoms with E-state index in [2.05, 4.69) is 10.1 Å². The summed E-state index contributed by atoms with van der Waals surface area (Å²) in [4.78, 5) is 13.5. The number of carbonyl (C=O) groups is 1. The summed E-state index contributed by atoms with van der Waals surface area (Å²) in [6.45, 7) is 0. The van der Waals surface area contributed by atoms with Crippen LogP contribution in [-0.2, 0) is 4.74 Å². The molecule has 3 N–H and O–H groups in total. The highest BCUT2D eigenvalue weighted by molar-refractivity contribution is 5.92. The highest BCUT2D eigenvalue weighted by Crippen LogP contribution is 2.26. The van der Waals surface area contributed by atoms with E-state index in [1.165, 1.54) is 7.11 Å². The van der Waals surface area contributed by atoms with Crippen LogP contribution >= 0.6 is 0 Å². The number of nitrogens with one attached hydrogen (secondary N) is 1. The van der Waals surface area contributed by atoms with Crippen molar-refractivity contribution in [3.63, 3.8) is 0 Å². The zero-order valence-electron chi connectivity index (χ0n) is 12.4. The number of nitrogen functional groups attached to an aromatic ring is 1. The number of methoxy groups -OCH3 is 1. The molecular weight excluding hydrogens is 266 g/mol. The zero-order valence-corrected chi connectivity index (χ0v) is 12.4. The second-order valence-corrected chi connectivity index (χ2v) is 4.86. The number of ether oxygens (including phenoxy) is 1. The standard InChI is InChI=1S/C16H19N3O2/c1-19(2)13-6-4-5-12(10-13)18-15-8-7-11(9-14(15)17)16(20)21-3/h4-10,18H,17H2,1-3H3. The molecule has 0 aromatic heterocycles. The van der Waals surface area contributed by atoms with E-state index in [9.17, 15) is 4.79 Å². The molecule has 0 saturated heterocycles. The number of esters is 1. The molecule has 0 unspecified atom stereocenters.